The average molecular weight is 488 g/mol. The van der Waals surface area contributed by atoms with Crippen LogP contribution in [0.2, 0.25) is 0 Å². The van der Waals surface area contributed by atoms with Gasteiger partial charge in [0.1, 0.15) is 18.0 Å². The zero-order valence-corrected chi connectivity index (χ0v) is 18.7. The minimum atomic E-state index is -0.325. The normalized spacial score (nSPS) is 12.9. The molecule has 2 aromatic carbocycles. The van der Waals surface area contributed by atoms with Gasteiger partial charge in [-0.05, 0) is 49.4 Å². The van der Waals surface area contributed by atoms with Crippen LogP contribution in [-0.2, 0) is 9.59 Å². The standard InChI is InChI=1S/C21H18BrN3O4S/c1-12-20(13-3-6-15(28-2)7-4-13)24-21(30-12)23-18(26)10-25-16-8-5-14(22)9-17(16)29-11-19(25)27/h3-9H,10-11H2,1-2H3,(H,23,24,26). The zero-order valence-electron chi connectivity index (χ0n) is 16.3. The van der Waals surface area contributed by atoms with Crippen LogP contribution in [0.4, 0.5) is 10.8 Å². The second kappa shape index (κ2) is 8.45. The van der Waals surface area contributed by atoms with Crippen molar-refractivity contribution in [2.24, 2.45) is 0 Å². The number of hydrogen-bond donors (Lipinski definition) is 1. The number of aryl methyl sites for hydroxylation is 1. The number of ether oxygens (including phenoxy) is 2. The highest BCUT2D eigenvalue weighted by atomic mass is 79.9. The molecule has 7 nitrogen and oxygen atoms in total. The molecule has 0 aliphatic carbocycles. The van der Waals surface area contributed by atoms with E-state index in [1.165, 1.54) is 16.2 Å². The van der Waals surface area contributed by atoms with E-state index in [1.807, 2.05) is 31.2 Å². The Labute approximate surface area is 185 Å². The summed E-state index contributed by atoms with van der Waals surface area (Å²) in [6.45, 7) is 1.73. The minimum Gasteiger partial charge on any atom is -0.497 e. The molecular weight excluding hydrogens is 470 g/mol. The van der Waals surface area contributed by atoms with Crippen LogP contribution in [0.25, 0.3) is 11.3 Å². The van der Waals surface area contributed by atoms with Crippen molar-refractivity contribution in [3.63, 3.8) is 0 Å². The highest BCUT2D eigenvalue weighted by molar-refractivity contribution is 9.10. The maximum Gasteiger partial charge on any atom is 0.265 e. The van der Waals surface area contributed by atoms with Gasteiger partial charge in [0.05, 0.1) is 18.5 Å². The third kappa shape index (κ3) is 4.17. The Morgan fingerprint density at radius 2 is 2.07 bits per heavy atom. The molecule has 154 valence electrons. The molecule has 0 unspecified atom stereocenters. The summed E-state index contributed by atoms with van der Waals surface area (Å²) in [6.07, 6.45) is 0. The summed E-state index contributed by atoms with van der Waals surface area (Å²) < 4.78 is 11.5. The van der Waals surface area contributed by atoms with Crippen molar-refractivity contribution in [3.8, 4) is 22.8 Å². The van der Waals surface area contributed by atoms with E-state index in [0.717, 1.165) is 26.4 Å². The maximum atomic E-state index is 12.6. The Bertz CT molecular complexity index is 1110. The first-order chi connectivity index (χ1) is 14.4. The number of anilines is 2. The molecule has 0 fully saturated rings. The van der Waals surface area contributed by atoms with Crippen LogP contribution in [0.5, 0.6) is 11.5 Å². The van der Waals surface area contributed by atoms with Gasteiger partial charge >= 0.3 is 0 Å². The molecule has 9 heteroatoms. The first-order valence-electron chi connectivity index (χ1n) is 9.09. The number of halogens is 1. The summed E-state index contributed by atoms with van der Waals surface area (Å²) in [5, 5.41) is 3.29. The number of amides is 2. The van der Waals surface area contributed by atoms with Gasteiger partial charge in [0.15, 0.2) is 11.7 Å². The van der Waals surface area contributed by atoms with Crippen LogP contribution in [0.3, 0.4) is 0 Å². The van der Waals surface area contributed by atoms with Gasteiger partial charge in [0, 0.05) is 14.9 Å². The topological polar surface area (TPSA) is 80.8 Å². The van der Waals surface area contributed by atoms with E-state index in [0.29, 0.717) is 16.6 Å². The second-order valence-corrected chi connectivity index (χ2v) is 8.70. The fraction of sp³-hybridized carbons (Fsp3) is 0.190. The second-order valence-electron chi connectivity index (χ2n) is 6.58. The zero-order chi connectivity index (χ0) is 21.3. The lowest BCUT2D eigenvalue weighted by molar-refractivity contribution is -0.123. The van der Waals surface area contributed by atoms with E-state index in [4.69, 9.17) is 9.47 Å². The van der Waals surface area contributed by atoms with Crippen molar-refractivity contribution >= 4 is 49.9 Å². The third-order valence-electron chi connectivity index (χ3n) is 4.57. The van der Waals surface area contributed by atoms with Crippen LogP contribution in [0, 0.1) is 6.92 Å². The molecule has 0 atom stereocenters. The highest BCUT2D eigenvalue weighted by Gasteiger charge is 2.27. The number of rotatable bonds is 5. The number of hydrogen-bond acceptors (Lipinski definition) is 6. The highest BCUT2D eigenvalue weighted by Crippen LogP contribution is 2.35. The third-order valence-corrected chi connectivity index (χ3v) is 5.95. The van der Waals surface area contributed by atoms with Gasteiger partial charge in [-0.1, -0.05) is 15.9 Å². The van der Waals surface area contributed by atoms with Gasteiger partial charge in [-0.3, -0.25) is 14.5 Å². The van der Waals surface area contributed by atoms with Crippen molar-refractivity contribution < 1.29 is 19.1 Å². The van der Waals surface area contributed by atoms with Gasteiger partial charge in [0.25, 0.3) is 5.91 Å². The van der Waals surface area contributed by atoms with Crippen LogP contribution in [0.1, 0.15) is 4.88 Å². The lowest BCUT2D eigenvalue weighted by Crippen LogP contribution is -2.43. The summed E-state index contributed by atoms with van der Waals surface area (Å²) in [5.41, 5.74) is 2.31. The van der Waals surface area contributed by atoms with E-state index < -0.39 is 0 Å². The Morgan fingerprint density at radius 1 is 1.30 bits per heavy atom. The Kier molecular flexibility index (Phi) is 5.74. The van der Waals surface area contributed by atoms with Crippen LogP contribution in [0.15, 0.2) is 46.9 Å². The van der Waals surface area contributed by atoms with Gasteiger partial charge < -0.3 is 14.8 Å². The Morgan fingerprint density at radius 3 is 2.80 bits per heavy atom. The molecule has 0 bridgehead atoms. The van der Waals surface area contributed by atoms with E-state index in [9.17, 15) is 9.59 Å². The number of aromatic nitrogens is 1. The first kappa shape index (κ1) is 20.4. The first-order valence-corrected chi connectivity index (χ1v) is 10.7. The van der Waals surface area contributed by atoms with Crippen LogP contribution in [-0.4, -0.2) is 37.1 Å². The number of carbonyl (C=O) groups is 2. The molecule has 0 saturated carbocycles. The molecular formula is C21H18BrN3O4S. The Balaban J connectivity index is 1.49. The number of nitrogens with zero attached hydrogens (tertiary/aromatic N) is 2. The SMILES string of the molecule is COc1ccc(-c2nc(NC(=O)CN3C(=O)COc4cc(Br)ccc43)sc2C)cc1. The number of methoxy groups -OCH3 is 1. The lowest BCUT2D eigenvalue weighted by atomic mass is 10.1. The number of carbonyl (C=O) groups excluding carboxylic acids is 2. The maximum absolute atomic E-state index is 12.6. The summed E-state index contributed by atoms with van der Waals surface area (Å²) in [6, 6.07) is 12.9. The van der Waals surface area contributed by atoms with Crippen LogP contribution >= 0.6 is 27.3 Å². The number of nitrogens with one attached hydrogen (secondary N) is 1. The number of benzene rings is 2. The summed E-state index contributed by atoms with van der Waals surface area (Å²) >= 11 is 4.77. The van der Waals surface area contributed by atoms with Gasteiger partial charge in [0.2, 0.25) is 5.91 Å². The summed E-state index contributed by atoms with van der Waals surface area (Å²) in [5.74, 6) is 0.731. The number of fused-ring (bicyclic) bond motifs is 1. The monoisotopic (exact) mass is 487 g/mol. The van der Waals surface area contributed by atoms with E-state index >= 15 is 0 Å². The van der Waals surface area contributed by atoms with Gasteiger partial charge in [-0.25, -0.2) is 4.98 Å². The molecule has 0 radical (unpaired) electrons. The molecule has 0 spiro atoms. The van der Waals surface area contributed by atoms with Crippen molar-refractivity contribution in [1.82, 2.24) is 4.98 Å². The van der Waals surface area contributed by atoms with Crippen molar-refractivity contribution in [1.29, 1.82) is 0 Å². The molecule has 0 saturated heterocycles. The Hall–Kier alpha value is -2.91. The molecule has 1 N–H and O–H groups in total. The molecule has 3 aromatic rings. The van der Waals surface area contributed by atoms with Crippen LogP contribution < -0.4 is 19.7 Å². The van der Waals surface area contributed by atoms with Gasteiger partial charge in [-0.2, -0.15) is 0 Å². The largest absolute Gasteiger partial charge is 0.497 e. The van der Waals surface area contributed by atoms with E-state index in [-0.39, 0.29) is 25.0 Å². The fourth-order valence-corrected chi connectivity index (χ4v) is 4.31. The molecule has 2 heterocycles. The molecule has 1 aliphatic rings. The predicted octanol–water partition coefficient (Wildman–Crippen LogP) is 4.25. The quantitative estimate of drug-likeness (QED) is 0.581. The van der Waals surface area contributed by atoms with Crippen molar-refractivity contribution in [3.05, 3.63) is 51.8 Å². The fourth-order valence-electron chi connectivity index (χ4n) is 3.12. The summed E-state index contributed by atoms with van der Waals surface area (Å²) in [7, 11) is 1.62. The predicted molar refractivity (Wildman–Crippen MR) is 119 cm³/mol. The molecule has 1 aliphatic heterocycles. The summed E-state index contributed by atoms with van der Waals surface area (Å²) in [4.78, 5) is 31.9. The molecule has 4 rings (SSSR count). The number of thiazole rings is 1. The lowest BCUT2D eigenvalue weighted by Gasteiger charge is -2.28. The van der Waals surface area contributed by atoms with Crippen molar-refractivity contribution in [2.45, 2.75) is 6.92 Å². The molecule has 1 aromatic heterocycles. The minimum absolute atomic E-state index is 0.102. The van der Waals surface area contributed by atoms with Gasteiger partial charge in [-0.15, -0.1) is 11.3 Å². The molecule has 30 heavy (non-hydrogen) atoms. The van der Waals surface area contributed by atoms with Crippen molar-refractivity contribution in [2.75, 3.05) is 30.5 Å². The average Bonchev–Trinajstić information content (AvgIpc) is 3.10. The smallest absolute Gasteiger partial charge is 0.265 e. The van der Waals surface area contributed by atoms with E-state index in [1.54, 1.807) is 25.3 Å². The van der Waals surface area contributed by atoms with E-state index in [2.05, 4.69) is 26.2 Å². The molecule has 2 amide bonds.